The van der Waals surface area contributed by atoms with Crippen molar-refractivity contribution in [2.24, 2.45) is 17.8 Å². The summed E-state index contributed by atoms with van der Waals surface area (Å²) < 4.78 is 37.8. The fourth-order valence-electron chi connectivity index (χ4n) is 4.23. The Morgan fingerprint density at radius 3 is 2.21 bits per heavy atom. The lowest BCUT2D eigenvalue weighted by atomic mass is 9.81. The lowest BCUT2D eigenvalue weighted by molar-refractivity contribution is -0.223. The molecule has 6 heteroatoms. The van der Waals surface area contributed by atoms with Crippen LogP contribution in [0.15, 0.2) is 0 Å². The van der Waals surface area contributed by atoms with E-state index in [1.54, 1.807) is 4.90 Å². The first-order valence-corrected chi connectivity index (χ1v) is 9.36. The molecule has 1 heterocycles. The van der Waals surface area contributed by atoms with E-state index < -0.39 is 18.2 Å². The minimum atomic E-state index is -4.57. The lowest BCUT2D eigenvalue weighted by Gasteiger charge is -2.37. The molecule has 0 aromatic heterocycles. The van der Waals surface area contributed by atoms with E-state index in [1.165, 1.54) is 32.1 Å². The van der Waals surface area contributed by atoms with Crippen LogP contribution in [-0.2, 0) is 4.79 Å². The number of nitrogens with zero attached hydrogens (tertiary/aromatic N) is 1. The monoisotopic (exact) mass is 349 g/mol. The summed E-state index contributed by atoms with van der Waals surface area (Å²) in [6, 6.07) is 0. The van der Waals surface area contributed by atoms with E-state index in [0.717, 1.165) is 12.8 Å². The molecular formula is C18H30F3NO2. The predicted octanol–water partition coefficient (Wildman–Crippen LogP) is 4.14. The normalized spacial score (nSPS) is 24.0. The maximum Gasteiger partial charge on any atom is 0.414 e. The predicted molar refractivity (Wildman–Crippen MR) is 86.3 cm³/mol. The number of amides is 1. The van der Waals surface area contributed by atoms with E-state index in [4.69, 9.17) is 0 Å². The second-order valence-corrected chi connectivity index (χ2v) is 7.49. The largest absolute Gasteiger partial charge is 0.414 e. The van der Waals surface area contributed by atoms with Gasteiger partial charge < -0.3 is 10.0 Å². The number of carbonyl (C=O) groups excluding carboxylic acids is 1. The molecular weight excluding hydrogens is 319 g/mol. The molecule has 0 bridgehead atoms. The number of aliphatic hydroxyl groups excluding tert-OH is 1. The van der Waals surface area contributed by atoms with Crippen molar-refractivity contribution in [3.8, 4) is 0 Å². The number of rotatable bonds is 5. The number of carbonyl (C=O) groups is 1. The van der Waals surface area contributed by atoms with Crippen LogP contribution in [-0.4, -0.2) is 41.3 Å². The van der Waals surface area contributed by atoms with Gasteiger partial charge in [0.25, 0.3) is 0 Å². The zero-order valence-corrected chi connectivity index (χ0v) is 14.5. The Balaban J connectivity index is 1.84. The number of aliphatic hydroxyl groups is 1. The second-order valence-electron chi connectivity index (χ2n) is 7.49. The van der Waals surface area contributed by atoms with Crippen molar-refractivity contribution in [3.63, 3.8) is 0 Å². The van der Waals surface area contributed by atoms with Crippen molar-refractivity contribution in [2.45, 2.75) is 77.0 Å². The fourth-order valence-corrected chi connectivity index (χ4v) is 4.23. The summed E-state index contributed by atoms with van der Waals surface area (Å²) >= 11 is 0. The third-order valence-electron chi connectivity index (χ3n) is 5.82. The second kappa shape index (κ2) is 8.54. The van der Waals surface area contributed by atoms with Gasteiger partial charge in [0.15, 0.2) is 6.10 Å². The molecule has 1 aliphatic heterocycles. The Morgan fingerprint density at radius 2 is 1.71 bits per heavy atom. The number of piperidine rings is 1. The Morgan fingerprint density at radius 1 is 1.12 bits per heavy atom. The van der Waals surface area contributed by atoms with Gasteiger partial charge >= 0.3 is 6.18 Å². The van der Waals surface area contributed by atoms with Crippen molar-refractivity contribution in [1.29, 1.82) is 0 Å². The topological polar surface area (TPSA) is 40.5 Å². The Hall–Kier alpha value is -0.780. The van der Waals surface area contributed by atoms with E-state index in [9.17, 15) is 23.1 Å². The highest BCUT2D eigenvalue weighted by molar-refractivity contribution is 5.78. The molecule has 2 unspecified atom stereocenters. The average Bonchev–Trinajstić information content (AvgIpc) is 2.58. The van der Waals surface area contributed by atoms with E-state index in [1.807, 2.05) is 6.92 Å². The van der Waals surface area contributed by atoms with Gasteiger partial charge in [-0.25, -0.2) is 0 Å². The van der Waals surface area contributed by atoms with Crippen LogP contribution in [0.3, 0.4) is 0 Å². The summed E-state index contributed by atoms with van der Waals surface area (Å²) in [5.74, 6) is -0.0649. The van der Waals surface area contributed by atoms with Crippen LogP contribution < -0.4 is 0 Å². The van der Waals surface area contributed by atoms with Gasteiger partial charge in [0, 0.05) is 19.0 Å². The summed E-state index contributed by atoms with van der Waals surface area (Å²) in [5, 5.41) is 9.38. The lowest BCUT2D eigenvalue weighted by Crippen LogP contribution is -2.46. The molecule has 2 atom stereocenters. The molecule has 3 nitrogen and oxygen atoms in total. The molecule has 1 amide bonds. The Bertz CT molecular complexity index is 400. The standard InChI is InChI=1S/C18H30F3NO2/c1-2-14(12-13-6-4-3-5-7-13)17(24)22-10-8-15(9-11-22)16(23)18(19,20)21/h13-16,23H,2-12H2,1H3. The maximum absolute atomic E-state index is 12.7. The first-order valence-electron chi connectivity index (χ1n) is 9.36. The highest BCUT2D eigenvalue weighted by atomic mass is 19.4. The summed E-state index contributed by atoms with van der Waals surface area (Å²) in [4.78, 5) is 14.4. The van der Waals surface area contributed by atoms with Crippen molar-refractivity contribution >= 4 is 5.91 Å². The SMILES string of the molecule is CCC(CC1CCCCC1)C(=O)N1CCC(C(O)C(F)(F)F)CC1. The van der Waals surface area contributed by atoms with Crippen molar-refractivity contribution in [3.05, 3.63) is 0 Å². The van der Waals surface area contributed by atoms with Gasteiger partial charge in [0.2, 0.25) is 5.91 Å². The molecule has 24 heavy (non-hydrogen) atoms. The zero-order valence-electron chi connectivity index (χ0n) is 14.5. The van der Waals surface area contributed by atoms with Gasteiger partial charge in [-0.05, 0) is 37.5 Å². The van der Waals surface area contributed by atoms with Gasteiger partial charge in [0.1, 0.15) is 0 Å². The van der Waals surface area contributed by atoms with Crippen LogP contribution in [0.2, 0.25) is 0 Å². The third kappa shape index (κ3) is 5.11. The molecule has 0 radical (unpaired) electrons. The molecule has 140 valence electrons. The fraction of sp³-hybridized carbons (Fsp3) is 0.944. The smallest absolute Gasteiger partial charge is 0.383 e. The van der Waals surface area contributed by atoms with E-state index >= 15 is 0 Å². The summed E-state index contributed by atoms with van der Waals surface area (Å²) in [5.41, 5.74) is 0. The highest BCUT2D eigenvalue weighted by Gasteiger charge is 2.44. The molecule has 2 fully saturated rings. The Kier molecular flexibility index (Phi) is 6.96. The molecule has 1 saturated carbocycles. The molecule has 1 saturated heterocycles. The van der Waals surface area contributed by atoms with E-state index in [2.05, 4.69) is 0 Å². The van der Waals surface area contributed by atoms with Crippen LogP contribution >= 0.6 is 0 Å². The van der Waals surface area contributed by atoms with E-state index in [-0.39, 0.29) is 24.7 Å². The zero-order chi connectivity index (χ0) is 17.7. The number of hydrogen-bond acceptors (Lipinski definition) is 2. The number of likely N-dealkylation sites (tertiary alicyclic amines) is 1. The van der Waals surface area contributed by atoms with Gasteiger partial charge in [0.05, 0.1) is 0 Å². The van der Waals surface area contributed by atoms with Crippen molar-refractivity contribution < 1.29 is 23.1 Å². The number of alkyl halides is 3. The first-order chi connectivity index (χ1) is 11.3. The number of hydrogen-bond donors (Lipinski definition) is 1. The number of halogens is 3. The highest BCUT2D eigenvalue weighted by Crippen LogP contribution is 2.34. The Labute approximate surface area is 142 Å². The molecule has 1 aliphatic carbocycles. The van der Waals surface area contributed by atoms with Crippen molar-refractivity contribution in [1.82, 2.24) is 4.90 Å². The van der Waals surface area contributed by atoms with E-state index in [0.29, 0.717) is 19.0 Å². The molecule has 2 aliphatic rings. The maximum atomic E-state index is 12.7. The molecule has 0 aromatic rings. The molecule has 0 spiro atoms. The summed E-state index contributed by atoms with van der Waals surface area (Å²) in [6.45, 7) is 2.68. The van der Waals surface area contributed by atoms with Crippen LogP contribution in [0.25, 0.3) is 0 Å². The van der Waals surface area contributed by atoms with Crippen LogP contribution in [0.1, 0.15) is 64.7 Å². The minimum absolute atomic E-state index is 0.00260. The van der Waals surface area contributed by atoms with Crippen LogP contribution in [0.5, 0.6) is 0 Å². The molecule has 2 rings (SSSR count). The summed E-state index contributed by atoms with van der Waals surface area (Å²) in [6.07, 6.45) is 1.51. The summed E-state index contributed by atoms with van der Waals surface area (Å²) in [7, 11) is 0. The quantitative estimate of drug-likeness (QED) is 0.810. The van der Waals surface area contributed by atoms with Crippen LogP contribution in [0, 0.1) is 17.8 Å². The molecule has 1 N–H and O–H groups in total. The van der Waals surface area contributed by atoms with Gasteiger partial charge in [-0.2, -0.15) is 13.2 Å². The van der Waals surface area contributed by atoms with Gasteiger partial charge in [-0.3, -0.25) is 4.79 Å². The first kappa shape index (κ1) is 19.5. The van der Waals surface area contributed by atoms with Gasteiger partial charge in [-0.1, -0.05) is 39.0 Å². The van der Waals surface area contributed by atoms with Gasteiger partial charge in [-0.15, -0.1) is 0 Å². The third-order valence-corrected chi connectivity index (χ3v) is 5.82. The molecule has 0 aromatic carbocycles. The van der Waals surface area contributed by atoms with Crippen molar-refractivity contribution in [2.75, 3.05) is 13.1 Å². The van der Waals surface area contributed by atoms with Crippen LogP contribution in [0.4, 0.5) is 13.2 Å². The average molecular weight is 349 g/mol. The minimum Gasteiger partial charge on any atom is -0.383 e.